The molecular formula is C21H18Cl2N2O3S. The molecule has 5 nitrogen and oxygen atoms in total. The smallest absolute Gasteiger partial charge is 0.264 e. The van der Waals surface area contributed by atoms with E-state index in [9.17, 15) is 13.2 Å². The van der Waals surface area contributed by atoms with Crippen molar-refractivity contribution in [1.29, 1.82) is 0 Å². The van der Waals surface area contributed by atoms with Gasteiger partial charge in [-0.15, -0.1) is 0 Å². The molecule has 150 valence electrons. The third-order valence-electron chi connectivity index (χ3n) is 4.46. The molecule has 0 aliphatic rings. The number of sulfonamides is 1. The zero-order chi connectivity index (χ0) is 21.2. The largest absolute Gasteiger partial charge is 0.322 e. The number of carbonyl (C=O) groups is 1. The van der Waals surface area contributed by atoms with Crippen LogP contribution in [0.15, 0.2) is 71.6 Å². The van der Waals surface area contributed by atoms with Crippen molar-refractivity contribution in [3.05, 3.63) is 87.9 Å². The van der Waals surface area contributed by atoms with Gasteiger partial charge in [0.05, 0.1) is 10.6 Å². The first-order chi connectivity index (χ1) is 13.7. The summed E-state index contributed by atoms with van der Waals surface area (Å²) in [4.78, 5) is 12.8. The van der Waals surface area contributed by atoms with Crippen molar-refractivity contribution < 1.29 is 13.2 Å². The average molecular weight is 449 g/mol. The molecule has 3 rings (SSSR count). The minimum Gasteiger partial charge on any atom is -0.322 e. The first kappa shape index (κ1) is 21.2. The summed E-state index contributed by atoms with van der Waals surface area (Å²) in [5.74, 6) is -0.366. The maximum atomic E-state index is 12.9. The van der Waals surface area contributed by atoms with Crippen LogP contribution in [0.5, 0.6) is 0 Å². The molecule has 0 saturated carbocycles. The molecule has 0 heterocycles. The van der Waals surface area contributed by atoms with Crippen LogP contribution in [0.25, 0.3) is 0 Å². The summed E-state index contributed by atoms with van der Waals surface area (Å²) < 4.78 is 26.9. The minimum absolute atomic E-state index is 0.105. The first-order valence-electron chi connectivity index (χ1n) is 8.61. The molecule has 0 bridgehead atoms. The van der Waals surface area contributed by atoms with Gasteiger partial charge in [-0.25, -0.2) is 8.42 Å². The summed E-state index contributed by atoms with van der Waals surface area (Å²) in [5.41, 5.74) is 2.02. The van der Waals surface area contributed by atoms with Crippen molar-refractivity contribution in [2.24, 2.45) is 0 Å². The van der Waals surface area contributed by atoms with E-state index in [0.717, 1.165) is 9.87 Å². The highest BCUT2D eigenvalue weighted by atomic mass is 35.5. The zero-order valence-electron chi connectivity index (χ0n) is 15.7. The Morgan fingerprint density at radius 2 is 1.62 bits per heavy atom. The van der Waals surface area contributed by atoms with Crippen molar-refractivity contribution in [2.45, 2.75) is 11.8 Å². The number of nitrogens with one attached hydrogen (secondary N) is 1. The number of hydrogen-bond acceptors (Lipinski definition) is 3. The Bertz CT molecular complexity index is 1160. The third kappa shape index (κ3) is 4.56. The van der Waals surface area contributed by atoms with Crippen molar-refractivity contribution >= 4 is 50.5 Å². The van der Waals surface area contributed by atoms with Gasteiger partial charge < -0.3 is 5.32 Å². The van der Waals surface area contributed by atoms with E-state index in [-0.39, 0.29) is 10.8 Å². The fraction of sp³-hybridized carbons (Fsp3) is 0.0952. The molecule has 0 spiro atoms. The number of anilines is 2. The third-order valence-corrected chi connectivity index (χ3v) is 6.92. The van der Waals surface area contributed by atoms with E-state index >= 15 is 0 Å². The summed E-state index contributed by atoms with van der Waals surface area (Å²) >= 11 is 11.9. The summed E-state index contributed by atoms with van der Waals surface area (Å²) in [7, 11) is -2.36. The van der Waals surface area contributed by atoms with Crippen molar-refractivity contribution in [3.8, 4) is 0 Å². The lowest BCUT2D eigenvalue weighted by Crippen LogP contribution is -2.26. The molecule has 0 atom stereocenters. The number of benzene rings is 3. The van der Waals surface area contributed by atoms with Crippen LogP contribution in [0.3, 0.4) is 0 Å². The first-order valence-corrected chi connectivity index (χ1v) is 10.8. The lowest BCUT2D eigenvalue weighted by atomic mass is 10.1. The molecule has 1 amide bonds. The van der Waals surface area contributed by atoms with E-state index in [1.165, 1.54) is 37.4 Å². The van der Waals surface area contributed by atoms with Gasteiger partial charge in [-0.05, 0) is 67.1 Å². The summed E-state index contributed by atoms with van der Waals surface area (Å²) in [5, 5.41) is 3.80. The van der Waals surface area contributed by atoms with Gasteiger partial charge in [0.1, 0.15) is 0 Å². The zero-order valence-corrected chi connectivity index (χ0v) is 18.0. The van der Waals surface area contributed by atoms with E-state index in [1.54, 1.807) is 43.3 Å². The standard InChI is InChI=1S/C21H18Cl2N2O3S/c1-14-19(23)7-4-8-20(14)24-21(26)15-5-3-6-17(13-15)25(2)29(27,28)18-11-9-16(22)10-12-18/h3-13H,1-2H3,(H,24,26). The van der Waals surface area contributed by atoms with Crippen molar-refractivity contribution in [2.75, 3.05) is 16.7 Å². The highest BCUT2D eigenvalue weighted by molar-refractivity contribution is 7.92. The van der Waals surface area contributed by atoms with Crippen LogP contribution in [0.1, 0.15) is 15.9 Å². The van der Waals surface area contributed by atoms with E-state index in [0.29, 0.717) is 27.0 Å². The van der Waals surface area contributed by atoms with Crippen molar-refractivity contribution in [1.82, 2.24) is 0 Å². The molecule has 0 radical (unpaired) electrons. The van der Waals surface area contributed by atoms with Gasteiger partial charge >= 0.3 is 0 Å². The van der Waals surface area contributed by atoms with Gasteiger partial charge in [-0.3, -0.25) is 9.10 Å². The normalized spacial score (nSPS) is 11.2. The van der Waals surface area contributed by atoms with E-state index in [1.807, 2.05) is 0 Å². The Labute approximate surface area is 179 Å². The Morgan fingerprint density at radius 1 is 0.966 bits per heavy atom. The second kappa shape index (κ2) is 8.45. The summed E-state index contributed by atoms with van der Waals surface area (Å²) in [6.45, 7) is 1.81. The Morgan fingerprint density at radius 3 is 2.31 bits per heavy atom. The quantitative estimate of drug-likeness (QED) is 0.569. The second-order valence-corrected chi connectivity index (χ2v) is 9.16. The van der Waals surface area contributed by atoms with Crippen LogP contribution >= 0.6 is 23.2 Å². The monoisotopic (exact) mass is 448 g/mol. The van der Waals surface area contributed by atoms with Crippen LogP contribution in [-0.4, -0.2) is 21.4 Å². The van der Waals surface area contributed by atoms with Crippen LogP contribution < -0.4 is 9.62 Å². The molecule has 0 aliphatic carbocycles. The number of carbonyl (C=O) groups excluding carboxylic acids is 1. The number of hydrogen-bond donors (Lipinski definition) is 1. The molecule has 0 saturated heterocycles. The predicted molar refractivity (Wildman–Crippen MR) is 118 cm³/mol. The maximum absolute atomic E-state index is 12.9. The van der Waals surface area contributed by atoms with Crippen LogP contribution in [-0.2, 0) is 10.0 Å². The maximum Gasteiger partial charge on any atom is 0.264 e. The summed E-state index contributed by atoms with van der Waals surface area (Å²) in [6.07, 6.45) is 0. The summed E-state index contributed by atoms with van der Waals surface area (Å²) in [6, 6.07) is 17.5. The second-order valence-electron chi connectivity index (χ2n) is 6.34. The Hall–Kier alpha value is -2.54. The van der Waals surface area contributed by atoms with Gasteiger partial charge in [-0.2, -0.15) is 0 Å². The van der Waals surface area contributed by atoms with Gasteiger partial charge in [0.25, 0.3) is 15.9 Å². The minimum atomic E-state index is -3.80. The number of halogens is 2. The number of rotatable bonds is 5. The molecule has 3 aromatic carbocycles. The number of nitrogens with zero attached hydrogens (tertiary/aromatic N) is 1. The Kier molecular flexibility index (Phi) is 6.17. The van der Waals surface area contributed by atoms with Gasteiger partial charge in [-0.1, -0.05) is 35.3 Å². The molecule has 0 unspecified atom stereocenters. The fourth-order valence-corrected chi connectivity index (χ4v) is 4.17. The van der Waals surface area contributed by atoms with E-state index in [4.69, 9.17) is 23.2 Å². The molecule has 3 aromatic rings. The molecule has 0 aromatic heterocycles. The van der Waals surface area contributed by atoms with E-state index < -0.39 is 10.0 Å². The predicted octanol–water partition coefficient (Wildman–Crippen LogP) is 5.38. The lowest BCUT2D eigenvalue weighted by Gasteiger charge is -2.20. The highest BCUT2D eigenvalue weighted by Crippen LogP contribution is 2.26. The SMILES string of the molecule is Cc1c(Cl)cccc1NC(=O)c1cccc(N(C)S(=O)(=O)c2ccc(Cl)cc2)c1. The molecule has 1 N–H and O–H groups in total. The lowest BCUT2D eigenvalue weighted by molar-refractivity contribution is 0.102. The van der Waals surface area contributed by atoms with Crippen molar-refractivity contribution in [3.63, 3.8) is 0 Å². The van der Waals surface area contributed by atoms with Crippen LogP contribution in [0, 0.1) is 6.92 Å². The van der Waals surface area contributed by atoms with E-state index in [2.05, 4.69) is 5.32 Å². The highest BCUT2D eigenvalue weighted by Gasteiger charge is 2.22. The van der Waals surface area contributed by atoms with Gasteiger partial charge in [0, 0.05) is 28.3 Å². The molecule has 8 heteroatoms. The molecule has 29 heavy (non-hydrogen) atoms. The molecule has 0 aliphatic heterocycles. The molecular weight excluding hydrogens is 431 g/mol. The fourth-order valence-electron chi connectivity index (χ4n) is 2.68. The van der Waals surface area contributed by atoms with Gasteiger partial charge in [0.15, 0.2) is 0 Å². The number of amides is 1. The Balaban J connectivity index is 1.87. The van der Waals surface area contributed by atoms with Gasteiger partial charge in [0.2, 0.25) is 0 Å². The van der Waals surface area contributed by atoms with Crippen LogP contribution in [0.2, 0.25) is 10.0 Å². The topological polar surface area (TPSA) is 66.5 Å². The van der Waals surface area contributed by atoms with Crippen LogP contribution in [0.4, 0.5) is 11.4 Å². The molecule has 0 fully saturated rings. The average Bonchev–Trinajstić information content (AvgIpc) is 2.71.